The van der Waals surface area contributed by atoms with E-state index in [2.05, 4.69) is 54.5 Å². The minimum Gasteiger partial charge on any atom is -0.378 e. The number of amides is 4. The van der Waals surface area contributed by atoms with E-state index in [1.807, 2.05) is 52.5 Å². The average Bonchev–Trinajstić information content (AvgIpc) is 3.90. The third-order valence-corrected chi connectivity index (χ3v) is 12.8. The number of carbonyl (C=O) groups excluding carboxylic acids is 2. The quantitative estimate of drug-likeness (QED) is 0.270. The van der Waals surface area contributed by atoms with Gasteiger partial charge in [-0.05, 0) is 142 Å². The Morgan fingerprint density at radius 2 is 0.979 bits per heavy atom. The molecule has 8 heteroatoms. The first-order chi connectivity index (χ1) is 23.2. The van der Waals surface area contributed by atoms with Crippen molar-refractivity contribution in [3.63, 3.8) is 0 Å². The molecule has 5 saturated carbocycles. The van der Waals surface area contributed by atoms with Crippen LogP contribution in [0.1, 0.15) is 77.0 Å². The zero-order valence-electron chi connectivity index (χ0n) is 29.7. The van der Waals surface area contributed by atoms with Gasteiger partial charge < -0.3 is 30.2 Å². The maximum Gasteiger partial charge on any atom is 0.322 e. The molecule has 2 N–H and O–H groups in total. The molecule has 7 rings (SSSR count). The number of rotatable bonds is 10. The van der Waals surface area contributed by atoms with E-state index < -0.39 is 0 Å². The highest BCUT2D eigenvalue weighted by atomic mass is 16.2. The molecule has 2 aromatic carbocycles. The number of benzene rings is 2. The van der Waals surface area contributed by atoms with Crippen molar-refractivity contribution in [1.29, 1.82) is 0 Å². The number of hydrogen-bond donors (Lipinski definition) is 2. The minimum atomic E-state index is 0.0653. The zero-order valence-corrected chi connectivity index (χ0v) is 29.7. The molecule has 0 heterocycles. The number of hydrogen-bond acceptors (Lipinski definition) is 4. The molecule has 0 saturated heterocycles. The van der Waals surface area contributed by atoms with E-state index in [4.69, 9.17) is 0 Å². The maximum absolute atomic E-state index is 14.0. The van der Waals surface area contributed by atoms with Gasteiger partial charge in [0.25, 0.3) is 0 Å². The molecule has 4 bridgehead atoms. The lowest BCUT2D eigenvalue weighted by Gasteiger charge is -2.41. The normalized spacial score (nSPS) is 30.2. The molecule has 260 valence electrons. The molecule has 8 atom stereocenters. The summed E-state index contributed by atoms with van der Waals surface area (Å²) in [4.78, 5) is 36.7. The first-order valence-electron chi connectivity index (χ1n) is 18.9. The van der Waals surface area contributed by atoms with Crippen LogP contribution in [0.15, 0.2) is 48.5 Å². The van der Waals surface area contributed by atoms with Crippen LogP contribution in [0.4, 0.5) is 32.3 Å². The Morgan fingerprint density at radius 1 is 0.562 bits per heavy atom. The molecule has 2 aromatic rings. The molecule has 5 aliphatic carbocycles. The maximum atomic E-state index is 14.0. The third-order valence-electron chi connectivity index (χ3n) is 12.8. The van der Waals surface area contributed by atoms with E-state index in [9.17, 15) is 9.59 Å². The number of carbonyl (C=O) groups is 2. The second kappa shape index (κ2) is 14.2. The highest BCUT2D eigenvalue weighted by Crippen LogP contribution is 2.49. The highest BCUT2D eigenvalue weighted by molar-refractivity contribution is 5.90. The summed E-state index contributed by atoms with van der Waals surface area (Å²) in [5.41, 5.74) is 3.98. The van der Waals surface area contributed by atoms with Gasteiger partial charge in [-0.25, -0.2) is 9.59 Å². The van der Waals surface area contributed by atoms with Crippen LogP contribution in [0, 0.1) is 35.5 Å². The van der Waals surface area contributed by atoms with Crippen LogP contribution in [-0.2, 0) is 0 Å². The van der Waals surface area contributed by atoms with Gasteiger partial charge in [0.05, 0.1) is 0 Å². The van der Waals surface area contributed by atoms with E-state index in [0.717, 1.165) is 79.8 Å². The molecule has 0 aromatic heterocycles. The Hall–Kier alpha value is -3.42. The van der Waals surface area contributed by atoms with Gasteiger partial charge in [-0.3, -0.25) is 0 Å². The van der Waals surface area contributed by atoms with Crippen molar-refractivity contribution >= 4 is 34.8 Å². The highest BCUT2D eigenvalue weighted by Gasteiger charge is 2.46. The van der Waals surface area contributed by atoms with Gasteiger partial charge in [0, 0.05) is 76.1 Å². The summed E-state index contributed by atoms with van der Waals surface area (Å²) >= 11 is 0. The Labute approximate surface area is 288 Å². The standard InChI is InChI=1S/C40H58N6O2/c1-43(2)35-16-12-33(13-17-35)41-39(47)45(37-23-27-8-10-31(37)21-27)25-29-6-5-7-30(20-29)26-46(38-24-28-9-11-32(38)22-28)40(48)42-34-14-18-36(19-15-34)44(3)4/h12-19,27-32,37-38H,5-11,20-26H2,1-4H3,(H,41,47)(H,42,48)/t27-,28?,29?,30?,31?,32?,37+,38?/m1/s1. The van der Waals surface area contributed by atoms with Crippen molar-refractivity contribution in [2.75, 3.05) is 61.7 Å². The Balaban J connectivity index is 1.03. The van der Waals surface area contributed by atoms with Crippen LogP contribution < -0.4 is 20.4 Å². The SMILES string of the molecule is CN(C)c1ccc(NC(=O)N(CC2CCCC(CN(C(=O)Nc3ccc(N(C)C)cc3)[C@H]3C[C@@H]4CCC3C4)C2)C2CC3CCC2C3)cc1. The number of urea groups is 2. The Bertz CT molecular complexity index is 1300. The fourth-order valence-corrected chi connectivity index (χ4v) is 10.3. The molecular formula is C40H58N6O2. The Kier molecular flexibility index (Phi) is 9.79. The summed E-state index contributed by atoms with van der Waals surface area (Å²) in [6.45, 7) is 1.65. The molecular weight excluding hydrogens is 596 g/mol. The van der Waals surface area contributed by atoms with Crippen LogP contribution in [0.5, 0.6) is 0 Å². The summed E-state index contributed by atoms with van der Waals surface area (Å²) in [7, 11) is 8.15. The van der Waals surface area contributed by atoms with Gasteiger partial charge in [-0.1, -0.05) is 19.3 Å². The van der Waals surface area contributed by atoms with Gasteiger partial charge in [0.2, 0.25) is 0 Å². The molecule has 0 spiro atoms. The van der Waals surface area contributed by atoms with E-state index in [1.165, 1.54) is 44.9 Å². The van der Waals surface area contributed by atoms with Gasteiger partial charge in [0.1, 0.15) is 0 Å². The van der Waals surface area contributed by atoms with E-state index in [-0.39, 0.29) is 12.1 Å². The monoisotopic (exact) mass is 654 g/mol. The fraction of sp³-hybridized carbons (Fsp3) is 0.650. The van der Waals surface area contributed by atoms with Crippen molar-refractivity contribution in [3.05, 3.63) is 48.5 Å². The first-order valence-corrected chi connectivity index (χ1v) is 18.9. The topological polar surface area (TPSA) is 71.2 Å². The van der Waals surface area contributed by atoms with Crippen LogP contribution in [0.2, 0.25) is 0 Å². The molecule has 8 nitrogen and oxygen atoms in total. The van der Waals surface area contributed by atoms with Crippen LogP contribution in [0.3, 0.4) is 0 Å². The molecule has 0 radical (unpaired) electrons. The van der Waals surface area contributed by atoms with E-state index >= 15 is 0 Å². The lowest BCUT2D eigenvalue weighted by atomic mass is 9.80. The molecule has 0 aliphatic heterocycles. The Morgan fingerprint density at radius 3 is 1.31 bits per heavy atom. The molecule has 48 heavy (non-hydrogen) atoms. The van der Waals surface area contributed by atoms with Gasteiger partial charge in [0.15, 0.2) is 0 Å². The summed E-state index contributed by atoms with van der Waals surface area (Å²) in [6.07, 6.45) is 14.6. The predicted molar refractivity (Wildman–Crippen MR) is 197 cm³/mol. The fourth-order valence-electron chi connectivity index (χ4n) is 10.3. The van der Waals surface area contributed by atoms with E-state index in [1.54, 1.807) is 0 Å². The number of anilines is 4. The second-order valence-corrected chi connectivity index (χ2v) is 16.4. The smallest absolute Gasteiger partial charge is 0.322 e. The van der Waals surface area contributed by atoms with Crippen molar-refractivity contribution in [3.8, 4) is 0 Å². The minimum absolute atomic E-state index is 0.0653. The van der Waals surface area contributed by atoms with Crippen molar-refractivity contribution in [2.24, 2.45) is 35.5 Å². The van der Waals surface area contributed by atoms with Crippen LogP contribution >= 0.6 is 0 Å². The predicted octanol–water partition coefficient (Wildman–Crippen LogP) is 8.37. The molecule has 5 fully saturated rings. The van der Waals surface area contributed by atoms with Gasteiger partial charge in [-0.15, -0.1) is 0 Å². The van der Waals surface area contributed by atoms with Crippen molar-refractivity contribution < 1.29 is 9.59 Å². The number of nitrogens with one attached hydrogen (secondary N) is 2. The average molecular weight is 655 g/mol. The first kappa shape index (κ1) is 33.1. The summed E-state index contributed by atoms with van der Waals surface area (Å²) in [6, 6.07) is 17.2. The van der Waals surface area contributed by atoms with Crippen molar-refractivity contribution in [1.82, 2.24) is 9.80 Å². The summed E-state index contributed by atoms with van der Waals surface area (Å²) < 4.78 is 0. The summed E-state index contributed by atoms with van der Waals surface area (Å²) in [5, 5.41) is 6.56. The summed E-state index contributed by atoms with van der Waals surface area (Å²) in [5.74, 6) is 3.77. The number of fused-ring (bicyclic) bond motifs is 4. The third kappa shape index (κ3) is 7.28. The zero-order chi connectivity index (χ0) is 33.4. The number of nitrogens with zero attached hydrogens (tertiary/aromatic N) is 4. The van der Waals surface area contributed by atoms with E-state index in [0.29, 0.717) is 35.8 Å². The lowest BCUT2D eigenvalue weighted by molar-refractivity contribution is 0.105. The van der Waals surface area contributed by atoms with Crippen LogP contribution in [0.25, 0.3) is 0 Å². The van der Waals surface area contributed by atoms with Gasteiger partial charge >= 0.3 is 12.1 Å². The molecule has 5 aliphatic rings. The largest absolute Gasteiger partial charge is 0.378 e. The molecule has 6 unspecified atom stereocenters. The van der Waals surface area contributed by atoms with Crippen molar-refractivity contribution in [2.45, 2.75) is 89.1 Å². The van der Waals surface area contributed by atoms with Gasteiger partial charge in [-0.2, -0.15) is 0 Å². The second-order valence-electron chi connectivity index (χ2n) is 16.4. The van der Waals surface area contributed by atoms with Crippen LogP contribution in [-0.4, -0.2) is 75.2 Å². The lowest BCUT2D eigenvalue weighted by Crippen LogP contribution is -2.50. The molecule has 4 amide bonds.